The highest BCUT2D eigenvalue weighted by Crippen LogP contribution is 2.38. The predicted octanol–water partition coefficient (Wildman–Crippen LogP) is 5.29. The number of carbonyl (C=O) groups excluding carboxylic acids is 1. The number of anilines is 2. The molecule has 194 valence electrons. The molecule has 0 bridgehead atoms. The molecule has 1 fully saturated rings. The second-order valence-corrected chi connectivity index (χ2v) is 9.91. The van der Waals surface area contributed by atoms with Crippen LogP contribution >= 0.6 is 11.6 Å². The first-order valence-electron chi connectivity index (χ1n) is 12.3. The molecule has 3 aromatic rings. The number of hydrogen-bond acceptors (Lipinski definition) is 5. The molecule has 37 heavy (non-hydrogen) atoms. The summed E-state index contributed by atoms with van der Waals surface area (Å²) in [5, 5.41) is 0.275. The van der Waals surface area contributed by atoms with E-state index in [0.29, 0.717) is 22.9 Å². The second-order valence-electron chi connectivity index (χ2n) is 9.50. The van der Waals surface area contributed by atoms with Gasteiger partial charge in [0.25, 0.3) is 0 Å². The Morgan fingerprint density at radius 2 is 1.89 bits per heavy atom. The van der Waals surface area contributed by atoms with E-state index in [-0.39, 0.29) is 22.2 Å². The fourth-order valence-corrected chi connectivity index (χ4v) is 4.89. The van der Waals surface area contributed by atoms with Crippen LogP contribution in [0.2, 0.25) is 5.02 Å². The topological polar surface area (TPSA) is 64.9 Å². The van der Waals surface area contributed by atoms with Gasteiger partial charge < -0.3 is 9.80 Å². The number of halogens is 2. The average Bonchev–Trinajstić information content (AvgIpc) is 2.88. The van der Waals surface area contributed by atoms with Crippen LogP contribution in [0.5, 0.6) is 0 Å². The van der Waals surface area contributed by atoms with Gasteiger partial charge in [-0.15, -0.1) is 0 Å². The molecule has 0 unspecified atom stereocenters. The lowest BCUT2D eigenvalue weighted by Gasteiger charge is -2.35. The van der Waals surface area contributed by atoms with Crippen molar-refractivity contribution in [2.24, 2.45) is 4.99 Å². The van der Waals surface area contributed by atoms with Crippen LogP contribution in [-0.2, 0) is 4.79 Å². The zero-order chi connectivity index (χ0) is 26.7. The Balaban J connectivity index is 1.99. The molecule has 0 aliphatic carbocycles. The SMILES string of the molecule is CN=C(c1cc(Cl)c(-c2ccccc2F)nc1N(C=O)c1c(C)ccnc1C(C)C)N1CCN(C)CC1. The molecule has 0 N–H and O–H groups in total. The molecule has 1 aromatic carbocycles. The largest absolute Gasteiger partial charge is 0.354 e. The first-order chi connectivity index (χ1) is 17.8. The number of aryl methyl sites for hydroxylation is 1. The molecule has 1 amide bonds. The Hall–Kier alpha value is -3.36. The minimum Gasteiger partial charge on any atom is -0.354 e. The van der Waals surface area contributed by atoms with Gasteiger partial charge in [0, 0.05) is 45.0 Å². The maximum Gasteiger partial charge on any atom is 0.219 e. The molecule has 0 saturated carbocycles. The molecule has 4 rings (SSSR count). The van der Waals surface area contributed by atoms with Gasteiger partial charge in [-0.3, -0.25) is 19.7 Å². The van der Waals surface area contributed by atoms with Gasteiger partial charge in [-0.25, -0.2) is 9.37 Å². The number of aliphatic imine (C=N–C) groups is 1. The summed E-state index contributed by atoms with van der Waals surface area (Å²) in [7, 11) is 3.80. The van der Waals surface area contributed by atoms with Crippen LogP contribution in [0, 0.1) is 12.7 Å². The lowest BCUT2D eigenvalue weighted by Crippen LogP contribution is -2.47. The fourth-order valence-electron chi connectivity index (χ4n) is 4.64. The van der Waals surface area contributed by atoms with E-state index in [0.717, 1.165) is 43.8 Å². The van der Waals surface area contributed by atoms with E-state index in [4.69, 9.17) is 16.6 Å². The smallest absolute Gasteiger partial charge is 0.219 e. The number of amides is 1. The number of pyridine rings is 2. The van der Waals surface area contributed by atoms with Gasteiger partial charge in [0.1, 0.15) is 11.7 Å². The maximum absolute atomic E-state index is 14.9. The summed E-state index contributed by atoms with van der Waals surface area (Å²) in [5.74, 6) is 0.612. The van der Waals surface area contributed by atoms with Crippen molar-refractivity contribution in [3.63, 3.8) is 0 Å². The maximum atomic E-state index is 14.9. The average molecular weight is 523 g/mol. The zero-order valence-electron chi connectivity index (χ0n) is 21.9. The Labute approximate surface area is 222 Å². The fraction of sp³-hybridized carbons (Fsp3) is 0.357. The summed E-state index contributed by atoms with van der Waals surface area (Å²) in [4.78, 5) is 32.8. The molecule has 1 saturated heterocycles. The number of carbonyl (C=O) groups is 1. The van der Waals surface area contributed by atoms with Crippen molar-refractivity contribution < 1.29 is 9.18 Å². The predicted molar refractivity (Wildman–Crippen MR) is 147 cm³/mol. The monoisotopic (exact) mass is 522 g/mol. The van der Waals surface area contributed by atoms with Crippen molar-refractivity contribution in [1.29, 1.82) is 0 Å². The molecule has 7 nitrogen and oxygen atoms in total. The molecule has 0 atom stereocenters. The number of likely N-dealkylation sites (N-methyl/N-ethyl adjacent to an activating group) is 1. The van der Waals surface area contributed by atoms with E-state index in [1.807, 2.05) is 26.8 Å². The van der Waals surface area contributed by atoms with Gasteiger partial charge in [-0.05, 0) is 49.7 Å². The highest BCUT2D eigenvalue weighted by molar-refractivity contribution is 6.33. The number of rotatable bonds is 6. The minimum absolute atomic E-state index is 0.0519. The second kappa shape index (κ2) is 11.4. The van der Waals surface area contributed by atoms with Gasteiger partial charge >= 0.3 is 0 Å². The number of amidine groups is 1. The van der Waals surface area contributed by atoms with Crippen LogP contribution in [0.3, 0.4) is 0 Å². The van der Waals surface area contributed by atoms with Crippen LogP contribution in [0.25, 0.3) is 11.3 Å². The number of benzene rings is 1. The summed E-state index contributed by atoms with van der Waals surface area (Å²) in [5.41, 5.74) is 3.39. The summed E-state index contributed by atoms with van der Waals surface area (Å²) in [6.45, 7) is 9.26. The summed E-state index contributed by atoms with van der Waals surface area (Å²) in [6.07, 6.45) is 2.47. The van der Waals surface area contributed by atoms with Crippen molar-refractivity contribution in [3.05, 3.63) is 70.3 Å². The highest BCUT2D eigenvalue weighted by atomic mass is 35.5. The van der Waals surface area contributed by atoms with E-state index in [9.17, 15) is 9.18 Å². The van der Waals surface area contributed by atoms with E-state index in [2.05, 4.69) is 26.8 Å². The molecule has 1 aliphatic rings. The molecule has 2 aromatic heterocycles. The number of piperazine rings is 1. The van der Waals surface area contributed by atoms with Crippen molar-refractivity contribution in [2.45, 2.75) is 26.7 Å². The van der Waals surface area contributed by atoms with Gasteiger partial charge in [0.15, 0.2) is 5.82 Å². The van der Waals surface area contributed by atoms with E-state index in [1.165, 1.54) is 11.0 Å². The third-order valence-corrected chi connectivity index (χ3v) is 6.90. The number of aromatic nitrogens is 2. The van der Waals surface area contributed by atoms with Gasteiger partial charge in [-0.1, -0.05) is 37.6 Å². The van der Waals surface area contributed by atoms with Crippen LogP contribution < -0.4 is 4.90 Å². The molecule has 0 spiro atoms. The summed E-state index contributed by atoms with van der Waals surface area (Å²) in [6, 6.07) is 9.94. The third kappa shape index (κ3) is 5.36. The Morgan fingerprint density at radius 3 is 2.51 bits per heavy atom. The van der Waals surface area contributed by atoms with Gasteiger partial charge in [0.05, 0.1) is 27.7 Å². The normalized spacial score (nSPS) is 14.8. The highest BCUT2D eigenvalue weighted by Gasteiger charge is 2.29. The summed E-state index contributed by atoms with van der Waals surface area (Å²) >= 11 is 6.75. The zero-order valence-corrected chi connectivity index (χ0v) is 22.6. The van der Waals surface area contributed by atoms with Crippen LogP contribution in [-0.4, -0.2) is 72.3 Å². The summed E-state index contributed by atoms with van der Waals surface area (Å²) < 4.78 is 14.9. The first-order valence-corrected chi connectivity index (χ1v) is 12.7. The van der Waals surface area contributed by atoms with Crippen LogP contribution in [0.1, 0.15) is 36.6 Å². The number of nitrogens with zero attached hydrogens (tertiary/aromatic N) is 6. The van der Waals surface area contributed by atoms with Crippen LogP contribution in [0.4, 0.5) is 15.9 Å². The lowest BCUT2D eigenvalue weighted by molar-refractivity contribution is -0.106. The quantitative estimate of drug-likeness (QED) is 0.250. The lowest BCUT2D eigenvalue weighted by atomic mass is 10.0. The van der Waals surface area contributed by atoms with E-state index in [1.54, 1.807) is 37.5 Å². The van der Waals surface area contributed by atoms with Crippen LogP contribution in [0.15, 0.2) is 47.6 Å². The standard InChI is InChI=1S/C28H32ClFN6O/c1-18(2)24-26(19(3)10-11-32-24)36(17-37)28-21(27(31-4)35-14-12-34(5)13-15-35)16-22(29)25(33-28)20-8-6-7-9-23(20)30/h6-11,16-18H,12-15H2,1-5H3. The van der Waals surface area contributed by atoms with Crippen molar-refractivity contribution in [2.75, 3.05) is 45.2 Å². The Kier molecular flexibility index (Phi) is 8.19. The van der Waals surface area contributed by atoms with E-state index < -0.39 is 5.82 Å². The van der Waals surface area contributed by atoms with Gasteiger partial charge in [-0.2, -0.15) is 0 Å². The van der Waals surface area contributed by atoms with Crippen molar-refractivity contribution in [3.8, 4) is 11.3 Å². The van der Waals surface area contributed by atoms with E-state index >= 15 is 0 Å². The molecule has 9 heteroatoms. The number of hydrogen-bond donors (Lipinski definition) is 0. The first kappa shape index (κ1) is 26.7. The molecular formula is C28H32ClFN6O. The molecule has 3 heterocycles. The third-order valence-electron chi connectivity index (χ3n) is 6.62. The molecule has 0 radical (unpaired) electrons. The Morgan fingerprint density at radius 1 is 1.19 bits per heavy atom. The van der Waals surface area contributed by atoms with Crippen molar-refractivity contribution >= 4 is 35.4 Å². The Bertz CT molecular complexity index is 1320. The minimum atomic E-state index is -0.447. The van der Waals surface area contributed by atoms with Gasteiger partial charge in [0.2, 0.25) is 6.41 Å². The molecular weight excluding hydrogens is 491 g/mol. The molecule has 1 aliphatic heterocycles. The van der Waals surface area contributed by atoms with Crippen molar-refractivity contribution in [1.82, 2.24) is 19.8 Å².